The van der Waals surface area contributed by atoms with Gasteiger partial charge in [0.25, 0.3) is 0 Å². The number of carbonyl (C=O) groups is 2. The normalized spacial score (nSPS) is 39.2. The molecule has 0 amide bonds. The number of benzene rings is 1. The second-order valence-electron chi connectivity index (χ2n) is 17.7. The van der Waals surface area contributed by atoms with E-state index >= 15 is 0 Å². The monoisotopic (exact) mass is 626 g/mol. The molecule has 0 heterocycles. The minimum atomic E-state index is -2.06. The topological polar surface area (TPSA) is 61.8 Å². The number of hydrogen-bond donors (Lipinski definition) is 0. The highest BCUT2D eigenvalue weighted by Gasteiger charge is 2.71. The van der Waals surface area contributed by atoms with Gasteiger partial charge >= 0.3 is 0 Å². The van der Waals surface area contributed by atoms with Gasteiger partial charge in [-0.15, -0.1) is 0 Å². The van der Waals surface area contributed by atoms with Gasteiger partial charge in [0.15, 0.2) is 22.4 Å². The van der Waals surface area contributed by atoms with Crippen LogP contribution < -0.4 is 0 Å². The van der Waals surface area contributed by atoms with Gasteiger partial charge in [0, 0.05) is 18.3 Å². The Labute approximate surface area is 263 Å². The fourth-order valence-electron chi connectivity index (χ4n) is 9.62. The summed E-state index contributed by atoms with van der Waals surface area (Å²) in [4.78, 5) is 27.5. The molecule has 0 spiro atoms. The van der Waals surface area contributed by atoms with E-state index in [9.17, 15) is 9.59 Å². The molecule has 0 unspecified atom stereocenters. The quantitative estimate of drug-likeness (QED) is 0.214. The molecule has 9 atom stereocenters. The predicted octanol–water partition coefficient (Wildman–Crippen LogP) is 8.44. The lowest BCUT2D eigenvalue weighted by Gasteiger charge is -2.54. The Bertz CT molecular complexity index is 1200. The van der Waals surface area contributed by atoms with Crippen molar-refractivity contribution < 1.29 is 23.2 Å². The van der Waals surface area contributed by atoms with E-state index < -0.39 is 27.8 Å². The summed E-state index contributed by atoms with van der Waals surface area (Å²) in [5.74, 6) is 0.695. The number of Topliss-reactive ketones (excluding diaryl/α,β-unsaturated/α-hetero) is 1. The average Bonchev–Trinajstić information content (AvgIpc) is 3.53. The lowest BCUT2D eigenvalue weighted by molar-refractivity contribution is -0.177. The maximum atomic E-state index is 14.9. The molecule has 0 saturated heterocycles. The van der Waals surface area contributed by atoms with Crippen LogP contribution in [0.4, 0.5) is 0 Å². The Morgan fingerprint density at radius 1 is 0.953 bits per heavy atom. The van der Waals surface area contributed by atoms with Crippen molar-refractivity contribution in [3.8, 4) is 0 Å². The average molecular weight is 627 g/mol. The van der Waals surface area contributed by atoms with Gasteiger partial charge in [-0.1, -0.05) is 65.0 Å². The summed E-state index contributed by atoms with van der Waals surface area (Å²) < 4.78 is 21.7. The van der Waals surface area contributed by atoms with Crippen LogP contribution in [-0.2, 0) is 29.8 Å². The van der Waals surface area contributed by atoms with Crippen molar-refractivity contribution in [1.29, 1.82) is 0 Å². The van der Waals surface area contributed by atoms with E-state index in [1.54, 1.807) is 0 Å². The number of ether oxygens (including phenoxy) is 1. The fraction of sp³-hybridized carbons (Fsp3) is 0.778. The first kappa shape index (κ1) is 33.2. The smallest absolute Gasteiger partial charge is 0.192 e. The third-order valence-electron chi connectivity index (χ3n) is 12.7. The van der Waals surface area contributed by atoms with Crippen LogP contribution in [0.2, 0.25) is 37.8 Å². The minimum absolute atomic E-state index is 0.00955. The molecule has 5 rings (SSSR count). The van der Waals surface area contributed by atoms with Crippen molar-refractivity contribution in [3.63, 3.8) is 0 Å². The maximum absolute atomic E-state index is 14.9. The molecule has 0 N–H and O–H groups in total. The highest BCUT2D eigenvalue weighted by Crippen LogP contribution is 2.67. The van der Waals surface area contributed by atoms with Crippen LogP contribution in [0.3, 0.4) is 0 Å². The molecule has 4 aliphatic rings. The number of ketones is 1. The van der Waals surface area contributed by atoms with Crippen LogP contribution in [0.1, 0.15) is 79.2 Å². The second kappa shape index (κ2) is 11.0. The highest BCUT2D eigenvalue weighted by molar-refractivity contribution is 6.74. The summed E-state index contributed by atoms with van der Waals surface area (Å²) in [5.41, 5.74) is -0.516. The molecule has 43 heavy (non-hydrogen) atoms. The van der Waals surface area contributed by atoms with Crippen LogP contribution in [0.25, 0.3) is 0 Å². The van der Waals surface area contributed by atoms with Gasteiger partial charge in [0.05, 0.1) is 18.3 Å². The summed E-state index contributed by atoms with van der Waals surface area (Å²) in [6.45, 7) is 26.0. The Morgan fingerprint density at radius 3 is 2.19 bits per heavy atom. The van der Waals surface area contributed by atoms with Crippen LogP contribution in [0, 0.1) is 40.9 Å². The molecule has 0 radical (unpaired) electrons. The molecule has 0 bridgehead atoms. The van der Waals surface area contributed by atoms with Crippen LogP contribution in [0.5, 0.6) is 0 Å². The summed E-state index contributed by atoms with van der Waals surface area (Å²) >= 11 is 0. The summed E-state index contributed by atoms with van der Waals surface area (Å²) in [6.07, 6.45) is 5.00. The van der Waals surface area contributed by atoms with Crippen LogP contribution in [-0.4, -0.2) is 46.0 Å². The van der Waals surface area contributed by atoms with Crippen molar-refractivity contribution in [3.05, 3.63) is 35.9 Å². The first-order valence-electron chi connectivity index (χ1n) is 16.8. The molecule has 240 valence electrons. The molecule has 5 nitrogen and oxygen atoms in total. The van der Waals surface area contributed by atoms with Crippen molar-refractivity contribution in [2.75, 3.05) is 0 Å². The molecule has 1 aromatic carbocycles. The number of hydrogen-bond acceptors (Lipinski definition) is 5. The van der Waals surface area contributed by atoms with Gasteiger partial charge < -0.3 is 18.4 Å². The highest BCUT2D eigenvalue weighted by atomic mass is 28.4. The minimum Gasteiger partial charge on any atom is -0.413 e. The molecule has 4 aliphatic carbocycles. The SMILES string of the molecule is CC1(C)[C@@H](O[Si](C)(C)C(C)(C)C)C[C@@H]2[C@H]1CC(=O)[C@]1(OCc3ccccc3)C[C@@H](C=O)[C@@H]3CC[C@H]([C@@H]31)[C@@]2(C)O[Si](C)(C)C. The zero-order chi connectivity index (χ0) is 31.8. The zero-order valence-electron chi connectivity index (χ0n) is 28.8. The van der Waals surface area contributed by atoms with E-state index in [-0.39, 0.29) is 57.8 Å². The number of fused-ring (bicyclic) bond motifs is 1. The molecule has 0 aliphatic heterocycles. The summed E-state index contributed by atoms with van der Waals surface area (Å²) in [5, 5.41) is 0.105. The van der Waals surface area contributed by atoms with E-state index in [1.807, 2.05) is 18.2 Å². The molecule has 0 aromatic heterocycles. The largest absolute Gasteiger partial charge is 0.413 e. The number of rotatable bonds is 8. The Kier molecular flexibility index (Phi) is 8.50. The maximum Gasteiger partial charge on any atom is 0.192 e. The van der Waals surface area contributed by atoms with Crippen molar-refractivity contribution in [2.24, 2.45) is 40.9 Å². The predicted molar refractivity (Wildman–Crippen MR) is 178 cm³/mol. The number of aldehydes is 1. The molecule has 4 saturated carbocycles. The number of carbonyl (C=O) groups excluding carboxylic acids is 2. The van der Waals surface area contributed by atoms with Crippen molar-refractivity contribution in [2.45, 2.75) is 135 Å². The first-order valence-corrected chi connectivity index (χ1v) is 23.1. The third-order valence-corrected chi connectivity index (χ3v) is 18.2. The lowest BCUT2D eigenvalue weighted by Crippen LogP contribution is -2.61. The van der Waals surface area contributed by atoms with E-state index in [0.29, 0.717) is 19.4 Å². The van der Waals surface area contributed by atoms with E-state index in [0.717, 1.165) is 31.1 Å². The van der Waals surface area contributed by atoms with Gasteiger partial charge in [0.2, 0.25) is 0 Å². The molecule has 1 aromatic rings. The summed E-state index contributed by atoms with van der Waals surface area (Å²) in [6, 6.07) is 10.2. The van der Waals surface area contributed by atoms with Crippen molar-refractivity contribution >= 4 is 28.7 Å². The Morgan fingerprint density at radius 2 is 1.60 bits per heavy atom. The third kappa shape index (κ3) is 5.62. The van der Waals surface area contributed by atoms with Gasteiger partial charge in [-0.3, -0.25) is 4.79 Å². The van der Waals surface area contributed by atoms with Crippen LogP contribution >= 0.6 is 0 Å². The fourth-order valence-corrected chi connectivity index (χ4v) is 12.7. The standard InChI is InChI=1S/C36H58O5Si2/c1-33(2,3)43(10,11)40-31-20-29-28(34(31,4)5)19-30(38)36(39-23-24-15-13-12-14-16-24)21-25(22-37)26-17-18-27(32(26)36)35(29,6)41-42(7,8)9/h12-16,22,25-29,31-32H,17-21,23H2,1-11H3/t25-,26-,27+,28+,29+,31-,32+,35+,36+/m0/s1. The molecule has 4 fully saturated rings. The first-order chi connectivity index (χ1) is 19.8. The van der Waals surface area contributed by atoms with E-state index in [2.05, 4.69) is 86.4 Å². The summed E-state index contributed by atoms with van der Waals surface area (Å²) in [7, 11) is -4.07. The second-order valence-corrected chi connectivity index (χ2v) is 26.9. The lowest BCUT2D eigenvalue weighted by atomic mass is 9.59. The molecular formula is C36H58O5Si2. The van der Waals surface area contributed by atoms with Gasteiger partial charge in [0.1, 0.15) is 11.9 Å². The van der Waals surface area contributed by atoms with Crippen molar-refractivity contribution in [1.82, 2.24) is 0 Å². The van der Waals surface area contributed by atoms with Gasteiger partial charge in [-0.25, -0.2) is 0 Å². The molecule has 7 heteroatoms. The Balaban J connectivity index is 1.63. The van der Waals surface area contributed by atoms with Crippen LogP contribution in [0.15, 0.2) is 30.3 Å². The molecular weight excluding hydrogens is 569 g/mol. The van der Waals surface area contributed by atoms with E-state index in [4.69, 9.17) is 13.6 Å². The van der Waals surface area contributed by atoms with Gasteiger partial charge in [-0.05, 0) is 105 Å². The zero-order valence-corrected chi connectivity index (χ0v) is 30.8. The Hall–Kier alpha value is -1.13. The van der Waals surface area contributed by atoms with Gasteiger partial charge in [-0.2, -0.15) is 0 Å². The van der Waals surface area contributed by atoms with E-state index in [1.165, 1.54) is 0 Å².